The SMILES string of the molecule is Cc1[nH]c(=O)c(C#N)c(C)c1CCC(=O)N1CC2CC3CC(C2)CC1C3. The third-order valence-electron chi connectivity index (χ3n) is 6.94. The summed E-state index contributed by atoms with van der Waals surface area (Å²) in [6, 6.07) is 2.43. The van der Waals surface area contributed by atoms with Crippen LogP contribution in [0.4, 0.5) is 0 Å². The molecule has 4 fully saturated rings. The van der Waals surface area contributed by atoms with Gasteiger partial charge in [-0.3, -0.25) is 9.59 Å². The predicted octanol–water partition coefficient (Wildman–Crippen LogP) is 2.83. The van der Waals surface area contributed by atoms with Gasteiger partial charge in [0.2, 0.25) is 5.91 Å². The lowest BCUT2D eigenvalue weighted by molar-refractivity contribution is -0.134. The van der Waals surface area contributed by atoms with Crippen LogP contribution in [-0.4, -0.2) is 28.4 Å². The molecule has 5 nitrogen and oxygen atoms in total. The fourth-order valence-corrected chi connectivity index (χ4v) is 5.89. The number of nitriles is 1. The van der Waals surface area contributed by atoms with Gasteiger partial charge in [0.05, 0.1) is 0 Å². The van der Waals surface area contributed by atoms with Crippen LogP contribution < -0.4 is 5.56 Å². The van der Waals surface area contributed by atoms with E-state index in [1.807, 2.05) is 19.9 Å². The molecule has 5 rings (SSSR count). The number of pyridine rings is 1. The van der Waals surface area contributed by atoms with E-state index < -0.39 is 0 Å². The van der Waals surface area contributed by atoms with Crippen LogP contribution in [0.1, 0.15) is 60.9 Å². The minimum absolute atomic E-state index is 0.170. The lowest BCUT2D eigenvalue weighted by Gasteiger charge is -2.39. The first-order valence-corrected chi connectivity index (χ1v) is 9.88. The normalized spacial score (nSPS) is 29.5. The number of carbonyl (C=O) groups is 1. The van der Waals surface area contributed by atoms with Crippen molar-refractivity contribution in [2.45, 2.75) is 64.8 Å². The van der Waals surface area contributed by atoms with Crippen LogP contribution in [0.5, 0.6) is 0 Å². The Morgan fingerprint density at radius 1 is 1.15 bits per heavy atom. The molecule has 4 bridgehead atoms. The Kier molecular flexibility index (Phi) is 4.38. The molecule has 3 heterocycles. The van der Waals surface area contributed by atoms with Crippen molar-refractivity contribution >= 4 is 5.91 Å². The minimum Gasteiger partial charge on any atom is -0.339 e. The topological polar surface area (TPSA) is 77.0 Å². The smallest absolute Gasteiger partial charge is 0.266 e. The number of hydrogen-bond donors (Lipinski definition) is 1. The number of aromatic nitrogens is 1. The van der Waals surface area contributed by atoms with Crippen LogP contribution in [-0.2, 0) is 11.2 Å². The number of amides is 1. The fourth-order valence-electron chi connectivity index (χ4n) is 5.89. The van der Waals surface area contributed by atoms with Crippen LogP contribution in [0.15, 0.2) is 4.79 Å². The van der Waals surface area contributed by atoms with Crippen LogP contribution in [0.25, 0.3) is 0 Å². The van der Waals surface area contributed by atoms with Crippen LogP contribution in [0, 0.1) is 42.9 Å². The molecule has 0 radical (unpaired) electrons. The van der Waals surface area contributed by atoms with Gasteiger partial charge in [-0.15, -0.1) is 0 Å². The molecule has 2 atom stereocenters. The van der Waals surface area contributed by atoms with Gasteiger partial charge in [0.1, 0.15) is 11.6 Å². The molecule has 0 aromatic carbocycles. The number of rotatable bonds is 3. The molecule has 1 aromatic heterocycles. The highest BCUT2D eigenvalue weighted by Crippen LogP contribution is 2.47. The van der Waals surface area contributed by atoms with Gasteiger partial charge in [-0.25, -0.2) is 0 Å². The maximum atomic E-state index is 13.0. The van der Waals surface area contributed by atoms with E-state index in [4.69, 9.17) is 0 Å². The van der Waals surface area contributed by atoms with Crippen molar-refractivity contribution in [3.8, 4) is 6.07 Å². The number of fused-ring (bicyclic) bond motifs is 1. The Bertz CT molecular complexity index is 821. The molecular formula is C21H27N3O2. The highest BCUT2D eigenvalue weighted by Gasteiger charge is 2.43. The number of nitrogens with zero attached hydrogens (tertiary/aromatic N) is 2. The summed E-state index contributed by atoms with van der Waals surface area (Å²) in [5.74, 6) is 2.60. The van der Waals surface area contributed by atoms with E-state index in [-0.39, 0.29) is 17.0 Å². The molecule has 0 spiro atoms. The monoisotopic (exact) mass is 353 g/mol. The van der Waals surface area contributed by atoms with Gasteiger partial charge in [0, 0.05) is 24.7 Å². The van der Waals surface area contributed by atoms with E-state index in [2.05, 4.69) is 9.88 Å². The molecule has 138 valence electrons. The third-order valence-corrected chi connectivity index (χ3v) is 6.94. The first-order valence-electron chi connectivity index (χ1n) is 9.88. The maximum absolute atomic E-state index is 13.0. The number of hydrogen-bond acceptors (Lipinski definition) is 3. The summed E-state index contributed by atoms with van der Waals surface area (Å²) in [5.41, 5.74) is 2.27. The van der Waals surface area contributed by atoms with Crippen LogP contribution in [0.3, 0.4) is 0 Å². The lowest BCUT2D eigenvalue weighted by atomic mass is 9.68. The van der Waals surface area contributed by atoms with Gasteiger partial charge < -0.3 is 9.88 Å². The maximum Gasteiger partial charge on any atom is 0.266 e. The van der Waals surface area contributed by atoms with Crippen molar-refractivity contribution in [1.82, 2.24) is 9.88 Å². The largest absolute Gasteiger partial charge is 0.339 e. The summed E-state index contributed by atoms with van der Waals surface area (Å²) in [7, 11) is 0. The molecule has 2 aliphatic carbocycles. The number of nitrogens with one attached hydrogen (secondary N) is 1. The van der Waals surface area contributed by atoms with Gasteiger partial charge >= 0.3 is 0 Å². The van der Waals surface area contributed by atoms with Crippen molar-refractivity contribution in [2.75, 3.05) is 6.54 Å². The number of carbonyl (C=O) groups excluding carboxylic acids is 1. The zero-order valence-corrected chi connectivity index (χ0v) is 15.7. The van der Waals surface area contributed by atoms with E-state index >= 15 is 0 Å². The van der Waals surface area contributed by atoms with Crippen LogP contribution >= 0.6 is 0 Å². The van der Waals surface area contributed by atoms with Gasteiger partial charge in [0.15, 0.2) is 0 Å². The van der Waals surface area contributed by atoms with E-state index in [1.165, 1.54) is 32.1 Å². The summed E-state index contributed by atoms with van der Waals surface area (Å²) in [5, 5.41) is 9.21. The van der Waals surface area contributed by atoms with E-state index in [9.17, 15) is 14.9 Å². The second-order valence-corrected chi connectivity index (χ2v) is 8.65. The van der Waals surface area contributed by atoms with Crippen molar-refractivity contribution < 1.29 is 4.79 Å². The minimum atomic E-state index is -0.335. The zero-order valence-electron chi connectivity index (χ0n) is 15.7. The number of H-pyrrole nitrogens is 1. The average Bonchev–Trinajstić information content (AvgIpc) is 2.78. The van der Waals surface area contributed by atoms with Crippen molar-refractivity contribution in [3.05, 3.63) is 32.7 Å². The van der Waals surface area contributed by atoms with Crippen molar-refractivity contribution in [3.63, 3.8) is 0 Å². The summed E-state index contributed by atoms with van der Waals surface area (Å²) < 4.78 is 0. The number of aromatic amines is 1. The summed E-state index contributed by atoms with van der Waals surface area (Å²) in [6.45, 7) is 4.60. The van der Waals surface area contributed by atoms with Gasteiger partial charge in [0.25, 0.3) is 5.56 Å². The number of aryl methyl sites for hydroxylation is 1. The molecule has 1 N–H and O–H groups in total. The Labute approximate surface area is 154 Å². The summed E-state index contributed by atoms with van der Waals surface area (Å²) in [6.07, 6.45) is 7.41. The standard InChI is InChI=1S/C21H27N3O2/c1-12-18(13(2)23-21(26)19(12)10-22)3-4-20(25)24-11-16-6-14-5-15(7-16)9-17(24)8-14/h14-17H,3-9,11H2,1-2H3,(H,23,26). The highest BCUT2D eigenvalue weighted by atomic mass is 16.2. The van der Waals surface area contributed by atoms with E-state index in [0.717, 1.165) is 35.2 Å². The van der Waals surface area contributed by atoms with E-state index in [0.29, 0.717) is 24.8 Å². The Morgan fingerprint density at radius 3 is 2.46 bits per heavy atom. The molecule has 2 saturated carbocycles. The Hall–Kier alpha value is -2.09. The second-order valence-electron chi connectivity index (χ2n) is 8.65. The van der Waals surface area contributed by atoms with Gasteiger partial charge in [-0.1, -0.05) is 0 Å². The second kappa shape index (κ2) is 6.57. The molecule has 2 saturated heterocycles. The van der Waals surface area contributed by atoms with Crippen molar-refractivity contribution in [1.29, 1.82) is 5.26 Å². The predicted molar refractivity (Wildman–Crippen MR) is 98.6 cm³/mol. The molecule has 26 heavy (non-hydrogen) atoms. The van der Waals surface area contributed by atoms with Gasteiger partial charge in [-0.2, -0.15) is 5.26 Å². The first kappa shape index (κ1) is 17.3. The van der Waals surface area contributed by atoms with E-state index in [1.54, 1.807) is 0 Å². The molecule has 2 aliphatic heterocycles. The summed E-state index contributed by atoms with van der Waals surface area (Å²) >= 11 is 0. The Morgan fingerprint density at radius 2 is 1.81 bits per heavy atom. The Balaban J connectivity index is 1.50. The molecule has 2 unspecified atom stereocenters. The van der Waals surface area contributed by atoms with Crippen LogP contribution in [0.2, 0.25) is 0 Å². The average molecular weight is 353 g/mol. The highest BCUT2D eigenvalue weighted by molar-refractivity contribution is 5.77. The van der Waals surface area contributed by atoms with Gasteiger partial charge in [-0.05, 0) is 81.3 Å². The third kappa shape index (κ3) is 2.96. The molecule has 5 heteroatoms. The molecule has 4 aliphatic rings. The first-order chi connectivity index (χ1) is 12.5. The molecule has 1 amide bonds. The lowest BCUT2D eigenvalue weighted by Crippen LogP contribution is -2.42. The fraction of sp³-hybridized carbons (Fsp3) is 0.667. The quantitative estimate of drug-likeness (QED) is 0.908. The molecule has 1 aromatic rings. The van der Waals surface area contributed by atoms with Crippen molar-refractivity contribution in [2.24, 2.45) is 17.8 Å². The zero-order chi connectivity index (χ0) is 18.4. The summed E-state index contributed by atoms with van der Waals surface area (Å²) in [4.78, 5) is 29.8. The molecular weight excluding hydrogens is 326 g/mol.